The summed E-state index contributed by atoms with van der Waals surface area (Å²) in [5, 5.41) is 11.0. The number of carbonyl (C=O) groups is 1. The predicted octanol–water partition coefficient (Wildman–Crippen LogP) is 4.52. The van der Waals surface area contributed by atoms with E-state index in [9.17, 15) is 9.90 Å². The van der Waals surface area contributed by atoms with Gasteiger partial charge in [0.1, 0.15) is 0 Å². The Hall–Kier alpha value is -0.630. The second kappa shape index (κ2) is 4.71. The van der Waals surface area contributed by atoms with Crippen molar-refractivity contribution in [1.82, 2.24) is 0 Å². The van der Waals surface area contributed by atoms with Crippen LogP contribution in [0.25, 0.3) is 0 Å². The molecule has 4 rings (SSSR count). The maximum absolute atomic E-state index is 11.9. The quantitative estimate of drug-likeness (QED) is 0.713. The lowest BCUT2D eigenvalue weighted by Gasteiger charge is -2.60. The molecule has 0 saturated heterocycles. The molecule has 0 amide bonds. The molecule has 4 aliphatic rings. The fraction of sp³-hybridized carbons (Fsp3) is 0.857. The largest absolute Gasteiger partial charge is 0.390 e. The molecule has 4 aliphatic carbocycles. The molecule has 0 unspecified atom stereocenters. The van der Waals surface area contributed by atoms with Crippen molar-refractivity contribution in [3.63, 3.8) is 0 Å². The molecule has 0 aromatic rings. The number of hydrogen-bond donors (Lipinski definition) is 1. The number of carbonyl (C=O) groups excluding carboxylic acids is 1. The van der Waals surface area contributed by atoms with Gasteiger partial charge in [-0.25, -0.2) is 0 Å². The standard InChI is InChI=1S/C21H32O2/c1-13-11-14-12-15(22)5-8-19(14,2)16-6-9-20(3)17(18(13)16)7-10-21(20,4)23/h12-13,16-18,23H,5-11H2,1-4H3/t13-,16+,17+,18-,19+,20+,21+/m1/s1. The molecule has 3 saturated carbocycles. The molecule has 0 bridgehead atoms. The molecule has 23 heavy (non-hydrogen) atoms. The zero-order chi connectivity index (χ0) is 16.6. The van der Waals surface area contributed by atoms with Crippen LogP contribution in [0.1, 0.15) is 72.6 Å². The normalized spacial score (nSPS) is 55.7. The highest BCUT2D eigenvalue weighted by molar-refractivity contribution is 5.91. The monoisotopic (exact) mass is 316 g/mol. The Bertz CT molecular complexity index is 574. The van der Waals surface area contributed by atoms with Crippen LogP contribution in [0.4, 0.5) is 0 Å². The van der Waals surface area contributed by atoms with E-state index in [4.69, 9.17) is 0 Å². The average Bonchev–Trinajstić information content (AvgIpc) is 2.72. The Morgan fingerprint density at radius 1 is 1.09 bits per heavy atom. The first-order valence-electron chi connectivity index (χ1n) is 9.65. The molecule has 1 N–H and O–H groups in total. The predicted molar refractivity (Wildman–Crippen MR) is 91.9 cm³/mol. The summed E-state index contributed by atoms with van der Waals surface area (Å²) in [6.07, 6.45) is 9.39. The molecule has 7 atom stereocenters. The number of aliphatic hydroxyl groups is 1. The lowest BCUT2D eigenvalue weighted by atomic mass is 9.44. The fourth-order valence-electron chi connectivity index (χ4n) is 7.15. The third-order valence-corrected chi connectivity index (χ3v) is 8.87. The Morgan fingerprint density at radius 2 is 1.78 bits per heavy atom. The van der Waals surface area contributed by atoms with Gasteiger partial charge in [0, 0.05) is 6.42 Å². The fourth-order valence-corrected chi connectivity index (χ4v) is 7.15. The van der Waals surface area contributed by atoms with Gasteiger partial charge in [0.05, 0.1) is 5.60 Å². The Morgan fingerprint density at radius 3 is 2.52 bits per heavy atom. The van der Waals surface area contributed by atoms with Crippen molar-refractivity contribution < 1.29 is 9.90 Å². The second-order valence-electron chi connectivity index (χ2n) is 9.79. The number of rotatable bonds is 0. The first kappa shape index (κ1) is 15.9. The minimum Gasteiger partial charge on any atom is -0.390 e. The van der Waals surface area contributed by atoms with Gasteiger partial charge in [-0.2, -0.15) is 0 Å². The minimum atomic E-state index is -0.498. The first-order valence-corrected chi connectivity index (χ1v) is 9.65. The van der Waals surface area contributed by atoms with Crippen molar-refractivity contribution in [1.29, 1.82) is 0 Å². The van der Waals surface area contributed by atoms with E-state index in [1.165, 1.54) is 18.4 Å². The first-order chi connectivity index (χ1) is 10.7. The minimum absolute atomic E-state index is 0.0878. The Kier molecular flexibility index (Phi) is 3.25. The lowest BCUT2D eigenvalue weighted by molar-refractivity contribution is -0.132. The van der Waals surface area contributed by atoms with E-state index in [-0.39, 0.29) is 10.8 Å². The molecule has 3 fully saturated rings. The molecule has 0 radical (unpaired) electrons. The van der Waals surface area contributed by atoms with Gasteiger partial charge in [-0.05, 0) is 86.0 Å². The molecule has 0 aliphatic heterocycles. The van der Waals surface area contributed by atoms with Gasteiger partial charge in [-0.1, -0.05) is 26.3 Å². The Labute approximate surface area is 140 Å². The molecule has 128 valence electrons. The summed E-state index contributed by atoms with van der Waals surface area (Å²) < 4.78 is 0. The maximum atomic E-state index is 11.9. The SMILES string of the molecule is C[C@@H]1CC2=CC(=O)CC[C@]2(C)[C@H]2CC[C@@]3(C)[C@@H](CC[C@]3(C)O)[C@H]12. The zero-order valence-electron chi connectivity index (χ0n) is 15.2. The van der Waals surface area contributed by atoms with Gasteiger partial charge in [0.2, 0.25) is 0 Å². The lowest BCUT2D eigenvalue weighted by Crippen LogP contribution is -2.55. The van der Waals surface area contributed by atoms with Gasteiger partial charge >= 0.3 is 0 Å². The van der Waals surface area contributed by atoms with Crippen LogP contribution in [-0.4, -0.2) is 16.5 Å². The molecule has 0 aromatic carbocycles. The molecule has 0 aromatic heterocycles. The van der Waals surface area contributed by atoms with Crippen molar-refractivity contribution in [2.45, 2.75) is 78.2 Å². The van der Waals surface area contributed by atoms with Gasteiger partial charge in [0.25, 0.3) is 0 Å². The van der Waals surface area contributed by atoms with E-state index in [0.29, 0.717) is 23.5 Å². The summed E-state index contributed by atoms with van der Waals surface area (Å²) in [6.45, 7) is 9.26. The third kappa shape index (κ3) is 1.94. The van der Waals surface area contributed by atoms with Crippen LogP contribution < -0.4 is 0 Å². The van der Waals surface area contributed by atoms with E-state index in [2.05, 4.69) is 27.7 Å². The topological polar surface area (TPSA) is 37.3 Å². The molecule has 2 nitrogen and oxygen atoms in total. The van der Waals surface area contributed by atoms with Crippen LogP contribution in [0, 0.1) is 34.5 Å². The molecule has 2 heteroatoms. The Balaban J connectivity index is 1.74. The van der Waals surface area contributed by atoms with Crippen LogP contribution in [0.3, 0.4) is 0 Å². The number of fused-ring (bicyclic) bond motifs is 5. The van der Waals surface area contributed by atoms with Crippen molar-refractivity contribution in [2.24, 2.45) is 34.5 Å². The summed E-state index contributed by atoms with van der Waals surface area (Å²) in [7, 11) is 0. The van der Waals surface area contributed by atoms with Crippen LogP contribution in [0.15, 0.2) is 11.6 Å². The van der Waals surface area contributed by atoms with Crippen LogP contribution in [0.2, 0.25) is 0 Å². The van der Waals surface area contributed by atoms with Gasteiger partial charge < -0.3 is 5.11 Å². The van der Waals surface area contributed by atoms with Gasteiger partial charge in [-0.3, -0.25) is 4.79 Å². The van der Waals surface area contributed by atoms with E-state index >= 15 is 0 Å². The number of allylic oxidation sites excluding steroid dienone is 1. The van der Waals surface area contributed by atoms with Crippen LogP contribution in [-0.2, 0) is 4.79 Å². The summed E-state index contributed by atoms with van der Waals surface area (Å²) in [6, 6.07) is 0. The van der Waals surface area contributed by atoms with Crippen LogP contribution in [0.5, 0.6) is 0 Å². The summed E-state index contributed by atoms with van der Waals surface area (Å²) >= 11 is 0. The maximum Gasteiger partial charge on any atom is 0.155 e. The van der Waals surface area contributed by atoms with E-state index < -0.39 is 5.60 Å². The smallest absolute Gasteiger partial charge is 0.155 e. The van der Waals surface area contributed by atoms with E-state index in [1.54, 1.807) is 0 Å². The number of hydrogen-bond acceptors (Lipinski definition) is 2. The molecular weight excluding hydrogens is 284 g/mol. The summed E-state index contributed by atoms with van der Waals surface area (Å²) in [5.41, 5.74) is 1.27. The molecule has 0 heterocycles. The third-order valence-electron chi connectivity index (χ3n) is 8.87. The highest BCUT2D eigenvalue weighted by Gasteiger charge is 2.63. The van der Waals surface area contributed by atoms with E-state index in [0.717, 1.165) is 38.0 Å². The second-order valence-corrected chi connectivity index (χ2v) is 9.79. The molecular formula is C21H32O2. The van der Waals surface area contributed by atoms with Crippen molar-refractivity contribution in [3.05, 3.63) is 11.6 Å². The zero-order valence-corrected chi connectivity index (χ0v) is 15.2. The van der Waals surface area contributed by atoms with E-state index in [1.807, 2.05) is 6.08 Å². The molecule has 0 spiro atoms. The summed E-state index contributed by atoms with van der Waals surface area (Å²) in [4.78, 5) is 11.9. The van der Waals surface area contributed by atoms with Crippen molar-refractivity contribution >= 4 is 5.78 Å². The highest BCUT2D eigenvalue weighted by atomic mass is 16.3. The van der Waals surface area contributed by atoms with Crippen LogP contribution >= 0.6 is 0 Å². The number of ketones is 1. The van der Waals surface area contributed by atoms with Crippen molar-refractivity contribution in [2.75, 3.05) is 0 Å². The van der Waals surface area contributed by atoms with Crippen molar-refractivity contribution in [3.8, 4) is 0 Å². The van der Waals surface area contributed by atoms with Gasteiger partial charge in [0.15, 0.2) is 5.78 Å². The van der Waals surface area contributed by atoms with Gasteiger partial charge in [-0.15, -0.1) is 0 Å². The average molecular weight is 316 g/mol. The highest BCUT2D eigenvalue weighted by Crippen LogP contribution is 2.68. The summed E-state index contributed by atoms with van der Waals surface area (Å²) in [5.74, 6) is 3.06.